The Labute approximate surface area is 156 Å². The van der Waals surface area contributed by atoms with Crippen LogP contribution in [0, 0.1) is 0 Å². The van der Waals surface area contributed by atoms with Gasteiger partial charge in [0, 0.05) is 0 Å². The van der Waals surface area contributed by atoms with Crippen LogP contribution in [0.15, 0.2) is 21.8 Å². The van der Waals surface area contributed by atoms with E-state index in [4.69, 9.17) is 23.2 Å². The van der Waals surface area contributed by atoms with Gasteiger partial charge in [-0.25, -0.2) is 9.48 Å². The smallest absolute Gasteiger partial charge is 0.416 e. The van der Waals surface area contributed by atoms with Crippen molar-refractivity contribution in [2.75, 3.05) is 7.11 Å². The summed E-state index contributed by atoms with van der Waals surface area (Å²) in [5, 5.41) is 1.02. The third-order valence-electron chi connectivity index (χ3n) is 3.01. The molecule has 0 bridgehead atoms. The predicted octanol–water partition coefficient (Wildman–Crippen LogP) is 4.59. The number of alkyl halides is 5. The first-order chi connectivity index (χ1) is 12.0. The summed E-state index contributed by atoms with van der Waals surface area (Å²) in [7, 11) is 0.951. The molecule has 1 aromatic carbocycles. The summed E-state index contributed by atoms with van der Waals surface area (Å²) in [5.41, 5.74) is -3.38. The molecule has 0 fully saturated rings. The Morgan fingerprint density at radius 3 is 2.23 bits per heavy atom. The quantitative estimate of drug-likeness (QED) is 0.432. The number of nitrogens with zero attached hydrogens (tertiary/aromatic N) is 1. The van der Waals surface area contributed by atoms with Gasteiger partial charge in [0.2, 0.25) is 0 Å². The Balaban J connectivity index is 2.72. The van der Waals surface area contributed by atoms with E-state index in [0.717, 1.165) is 7.11 Å². The first kappa shape index (κ1) is 20.6. The molecular weight excluding hydrogens is 430 g/mol. The van der Waals surface area contributed by atoms with Gasteiger partial charge in [-0.3, -0.25) is 9.89 Å². The Morgan fingerprint density at radius 2 is 1.81 bits per heavy atom. The number of methoxy groups -OCH3 is 1. The third kappa shape index (κ3) is 3.99. The lowest BCUT2D eigenvalue weighted by molar-refractivity contribution is -0.137. The number of ether oxygens (including phenoxy) is 1. The van der Waals surface area contributed by atoms with Crippen LogP contribution in [0.3, 0.4) is 0 Å². The van der Waals surface area contributed by atoms with E-state index >= 15 is 0 Å². The second-order valence-electron chi connectivity index (χ2n) is 4.61. The molecule has 0 radical (unpaired) electrons. The fourth-order valence-corrected chi connectivity index (χ4v) is 3.23. The number of nitrogens with one attached hydrogen (secondary N) is 1. The van der Waals surface area contributed by atoms with E-state index in [1.54, 1.807) is 0 Å². The molecule has 1 aromatic heterocycles. The molecule has 5 nitrogen and oxygen atoms in total. The summed E-state index contributed by atoms with van der Waals surface area (Å²) < 4.78 is 68.6. The van der Waals surface area contributed by atoms with Crippen molar-refractivity contribution in [3.63, 3.8) is 0 Å². The molecule has 0 spiro atoms. The van der Waals surface area contributed by atoms with Crippen LogP contribution in [0.1, 0.15) is 16.1 Å². The molecule has 0 amide bonds. The van der Waals surface area contributed by atoms with Gasteiger partial charge in [0.1, 0.15) is 10.6 Å². The molecule has 0 unspecified atom stereocenters. The molecule has 1 heterocycles. The third-order valence-corrected chi connectivity index (χ3v) is 4.38. The number of aromatic amines is 1. The van der Waals surface area contributed by atoms with Crippen LogP contribution in [0.5, 0.6) is 0 Å². The molecule has 13 heteroatoms. The Hall–Kier alpha value is -1.72. The molecule has 0 atom stereocenters. The van der Waals surface area contributed by atoms with Crippen molar-refractivity contribution < 1.29 is 31.5 Å². The number of H-pyrrole nitrogens is 1. The average molecular weight is 437 g/mol. The lowest BCUT2D eigenvalue weighted by Crippen LogP contribution is -2.17. The number of carbonyl (C=O) groups excluding carboxylic acids is 1. The Bertz CT molecular complexity index is 887. The van der Waals surface area contributed by atoms with Crippen LogP contribution in [-0.2, 0) is 10.9 Å². The zero-order chi connectivity index (χ0) is 19.8. The number of carbonyl (C=O) groups is 1. The summed E-state index contributed by atoms with van der Waals surface area (Å²) in [6, 6.07) is 1.02. The molecule has 142 valence electrons. The van der Waals surface area contributed by atoms with Crippen molar-refractivity contribution >= 4 is 40.9 Å². The summed E-state index contributed by atoms with van der Waals surface area (Å²) >= 11 is 11.4. The molecule has 0 saturated carbocycles. The van der Waals surface area contributed by atoms with Gasteiger partial charge in [0.15, 0.2) is 5.69 Å². The van der Waals surface area contributed by atoms with Crippen molar-refractivity contribution in [3.05, 3.63) is 43.8 Å². The highest BCUT2D eigenvalue weighted by Gasteiger charge is 2.33. The maximum absolute atomic E-state index is 12.8. The molecule has 0 saturated heterocycles. The number of rotatable bonds is 4. The fraction of sp³-hybridized carbons (Fsp3) is 0.231. The highest BCUT2D eigenvalue weighted by atomic mass is 35.5. The number of aromatic nitrogens is 2. The lowest BCUT2D eigenvalue weighted by atomic mass is 10.2. The van der Waals surface area contributed by atoms with Gasteiger partial charge in [-0.05, 0) is 23.9 Å². The van der Waals surface area contributed by atoms with Crippen LogP contribution in [0.4, 0.5) is 22.0 Å². The zero-order valence-corrected chi connectivity index (χ0v) is 14.8. The average Bonchev–Trinajstić information content (AvgIpc) is 2.82. The van der Waals surface area contributed by atoms with E-state index in [-0.39, 0.29) is 11.8 Å². The second-order valence-corrected chi connectivity index (χ2v) is 6.43. The number of benzene rings is 1. The van der Waals surface area contributed by atoms with E-state index in [2.05, 4.69) is 9.84 Å². The first-order valence-corrected chi connectivity index (χ1v) is 8.05. The summed E-state index contributed by atoms with van der Waals surface area (Å²) in [6.07, 6.45) is -4.75. The molecule has 2 aromatic rings. The standard InChI is InChI=1S/C13H7Cl2F5N2O3S/c1-25-11(24)7-9(26-12(16)17)10(23)22(21-7)8-5(14)2-4(3-6(8)15)13(18,19)20/h2-3,12,21H,1H3. The molecule has 1 N–H and O–H groups in total. The van der Waals surface area contributed by atoms with Gasteiger partial charge < -0.3 is 4.74 Å². The van der Waals surface area contributed by atoms with Crippen molar-refractivity contribution in [2.24, 2.45) is 0 Å². The Morgan fingerprint density at radius 1 is 1.27 bits per heavy atom. The van der Waals surface area contributed by atoms with E-state index in [1.807, 2.05) is 0 Å². The van der Waals surface area contributed by atoms with Gasteiger partial charge in [-0.2, -0.15) is 22.0 Å². The van der Waals surface area contributed by atoms with Crippen molar-refractivity contribution in [2.45, 2.75) is 16.8 Å². The van der Waals surface area contributed by atoms with Gasteiger partial charge in [-0.15, -0.1) is 0 Å². The number of esters is 1. The predicted molar refractivity (Wildman–Crippen MR) is 84.6 cm³/mol. The number of halogens is 7. The van der Waals surface area contributed by atoms with Crippen LogP contribution in [-0.4, -0.2) is 28.6 Å². The zero-order valence-electron chi connectivity index (χ0n) is 12.5. The molecular formula is C13H7Cl2F5N2O3S. The fourth-order valence-electron chi connectivity index (χ4n) is 1.96. The molecule has 0 aliphatic rings. The largest absolute Gasteiger partial charge is 0.464 e. The molecule has 0 aliphatic heterocycles. The maximum atomic E-state index is 12.8. The van der Waals surface area contributed by atoms with E-state index in [9.17, 15) is 31.5 Å². The van der Waals surface area contributed by atoms with Crippen molar-refractivity contribution in [3.8, 4) is 5.69 Å². The first-order valence-electron chi connectivity index (χ1n) is 6.42. The highest BCUT2D eigenvalue weighted by molar-refractivity contribution is 7.99. The minimum atomic E-state index is -4.75. The van der Waals surface area contributed by atoms with Gasteiger partial charge in [-0.1, -0.05) is 23.2 Å². The minimum absolute atomic E-state index is 0.235. The number of hydrogen-bond acceptors (Lipinski definition) is 4. The normalized spacial score (nSPS) is 11.9. The molecule has 0 aliphatic carbocycles. The van der Waals surface area contributed by atoms with Crippen LogP contribution >= 0.6 is 35.0 Å². The maximum Gasteiger partial charge on any atom is 0.416 e. The number of hydrogen-bond donors (Lipinski definition) is 1. The van der Waals surface area contributed by atoms with Gasteiger partial charge >= 0.3 is 12.1 Å². The van der Waals surface area contributed by atoms with Crippen LogP contribution in [0.2, 0.25) is 10.0 Å². The van der Waals surface area contributed by atoms with Crippen LogP contribution in [0.25, 0.3) is 5.69 Å². The topological polar surface area (TPSA) is 64.1 Å². The lowest BCUT2D eigenvalue weighted by Gasteiger charge is -2.12. The van der Waals surface area contributed by atoms with E-state index in [1.165, 1.54) is 0 Å². The van der Waals surface area contributed by atoms with Gasteiger partial charge in [0.05, 0.1) is 22.7 Å². The molecule has 2 rings (SSSR count). The monoisotopic (exact) mass is 436 g/mol. The minimum Gasteiger partial charge on any atom is -0.464 e. The summed E-state index contributed by atoms with van der Waals surface area (Å²) in [4.78, 5) is 23.4. The van der Waals surface area contributed by atoms with Crippen molar-refractivity contribution in [1.82, 2.24) is 9.78 Å². The van der Waals surface area contributed by atoms with E-state index < -0.39 is 55.3 Å². The van der Waals surface area contributed by atoms with Crippen molar-refractivity contribution in [1.29, 1.82) is 0 Å². The SMILES string of the molecule is COC(=O)c1[nH]n(-c2c(Cl)cc(C(F)(F)F)cc2Cl)c(=O)c1SC(F)F. The molecule has 26 heavy (non-hydrogen) atoms. The van der Waals surface area contributed by atoms with Crippen LogP contribution < -0.4 is 5.56 Å². The summed E-state index contributed by atoms with van der Waals surface area (Å²) in [6.45, 7) is 0. The Kier molecular flexibility index (Phi) is 5.93. The second kappa shape index (κ2) is 7.49. The van der Waals surface area contributed by atoms with Gasteiger partial charge in [0.25, 0.3) is 11.3 Å². The van der Waals surface area contributed by atoms with E-state index in [0.29, 0.717) is 16.8 Å². The summed E-state index contributed by atoms with van der Waals surface area (Å²) in [5.74, 6) is -4.18. The highest BCUT2D eigenvalue weighted by Crippen LogP contribution is 2.37. The number of thioether (sulfide) groups is 1.